The highest BCUT2D eigenvalue weighted by atomic mass is 19.4. The Balaban J connectivity index is 2.45. The molecule has 106 valence electrons. The summed E-state index contributed by atoms with van der Waals surface area (Å²) in [5, 5.41) is 0. The van der Waals surface area contributed by atoms with Gasteiger partial charge in [-0.05, 0) is 18.2 Å². The maximum Gasteiger partial charge on any atom is 0.416 e. The summed E-state index contributed by atoms with van der Waals surface area (Å²) in [5.41, 5.74) is 4.69. The van der Waals surface area contributed by atoms with Crippen molar-refractivity contribution in [3.8, 4) is 5.69 Å². The van der Waals surface area contributed by atoms with E-state index in [0.29, 0.717) is 0 Å². The van der Waals surface area contributed by atoms with E-state index >= 15 is 0 Å². The van der Waals surface area contributed by atoms with Gasteiger partial charge >= 0.3 is 12.1 Å². The van der Waals surface area contributed by atoms with Gasteiger partial charge in [-0.15, -0.1) is 0 Å². The van der Waals surface area contributed by atoms with Crippen molar-refractivity contribution in [1.82, 2.24) is 9.55 Å². The molecule has 20 heavy (non-hydrogen) atoms. The molecule has 0 aliphatic rings. The van der Waals surface area contributed by atoms with Crippen LogP contribution in [0.3, 0.4) is 0 Å². The number of rotatable bonds is 2. The number of esters is 1. The molecule has 0 spiro atoms. The van der Waals surface area contributed by atoms with Gasteiger partial charge in [0.05, 0.1) is 12.7 Å². The number of imidazole rings is 1. The number of methoxy groups -OCH3 is 1. The van der Waals surface area contributed by atoms with Gasteiger partial charge < -0.3 is 15.0 Å². The standard InChI is InChI=1S/C12H10F3N3O2/c1-20-11(19)10-5-18(6-17-10)9-3-7(12(13,14)15)2-8(16)4-9/h2-6H,16H2,1H3. The maximum absolute atomic E-state index is 12.7. The minimum absolute atomic E-state index is 0.0107. The van der Waals surface area contributed by atoms with Crippen LogP contribution in [0.4, 0.5) is 18.9 Å². The van der Waals surface area contributed by atoms with Crippen LogP contribution in [0.2, 0.25) is 0 Å². The van der Waals surface area contributed by atoms with Gasteiger partial charge in [-0.2, -0.15) is 13.2 Å². The second-order valence-corrected chi connectivity index (χ2v) is 3.97. The Morgan fingerprint density at radius 1 is 1.35 bits per heavy atom. The van der Waals surface area contributed by atoms with Gasteiger partial charge in [0.1, 0.15) is 6.33 Å². The molecule has 0 fully saturated rings. The first-order valence-electron chi connectivity index (χ1n) is 5.41. The average molecular weight is 285 g/mol. The van der Waals surface area contributed by atoms with Gasteiger partial charge in [-0.25, -0.2) is 9.78 Å². The van der Waals surface area contributed by atoms with Crippen molar-refractivity contribution in [2.45, 2.75) is 6.18 Å². The number of ether oxygens (including phenoxy) is 1. The molecule has 2 rings (SSSR count). The molecule has 1 heterocycles. The van der Waals surface area contributed by atoms with Gasteiger partial charge in [0, 0.05) is 17.6 Å². The summed E-state index contributed by atoms with van der Waals surface area (Å²) in [6.07, 6.45) is -2.03. The number of carbonyl (C=O) groups excluding carboxylic acids is 1. The van der Waals surface area contributed by atoms with E-state index in [9.17, 15) is 18.0 Å². The van der Waals surface area contributed by atoms with Crippen LogP contribution in [0.15, 0.2) is 30.7 Å². The fraction of sp³-hybridized carbons (Fsp3) is 0.167. The Morgan fingerprint density at radius 2 is 2.05 bits per heavy atom. The molecule has 1 aromatic heterocycles. The lowest BCUT2D eigenvalue weighted by molar-refractivity contribution is -0.137. The Labute approximate surface area is 111 Å². The fourth-order valence-electron chi connectivity index (χ4n) is 1.62. The summed E-state index contributed by atoms with van der Waals surface area (Å²) in [6, 6.07) is 3.10. The molecule has 2 aromatic rings. The third kappa shape index (κ3) is 2.73. The molecule has 5 nitrogen and oxygen atoms in total. The molecule has 2 N–H and O–H groups in total. The highest BCUT2D eigenvalue weighted by Gasteiger charge is 2.31. The molecule has 8 heteroatoms. The second kappa shape index (κ2) is 4.87. The van der Waals surface area contributed by atoms with Crippen LogP contribution in [0.25, 0.3) is 5.69 Å². The van der Waals surface area contributed by atoms with Crippen LogP contribution in [-0.2, 0) is 10.9 Å². The van der Waals surface area contributed by atoms with Crippen molar-refractivity contribution in [3.63, 3.8) is 0 Å². The number of carbonyl (C=O) groups is 1. The number of benzene rings is 1. The van der Waals surface area contributed by atoms with Gasteiger partial charge in [-0.3, -0.25) is 0 Å². The molecular weight excluding hydrogens is 275 g/mol. The minimum Gasteiger partial charge on any atom is -0.464 e. The van der Waals surface area contributed by atoms with Gasteiger partial charge in [-0.1, -0.05) is 0 Å². The zero-order chi connectivity index (χ0) is 14.9. The Bertz CT molecular complexity index is 650. The Morgan fingerprint density at radius 3 is 2.65 bits per heavy atom. The van der Waals surface area contributed by atoms with Crippen LogP contribution >= 0.6 is 0 Å². The maximum atomic E-state index is 12.7. The first kappa shape index (κ1) is 13.9. The highest BCUT2D eigenvalue weighted by molar-refractivity contribution is 5.86. The van der Waals surface area contributed by atoms with Crippen molar-refractivity contribution in [2.24, 2.45) is 0 Å². The molecule has 0 amide bonds. The molecule has 0 bridgehead atoms. The van der Waals surface area contributed by atoms with Crippen LogP contribution in [-0.4, -0.2) is 22.6 Å². The number of hydrogen-bond acceptors (Lipinski definition) is 4. The fourth-order valence-corrected chi connectivity index (χ4v) is 1.62. The lowest BCUT2D eigenvalue weighted by atomic mass is 10.1. The largest absolute Gasteiger partial charge is 0.464 e. The zero-order valence-corrected chi connectivity index (χ0v) is 10.3. The van der Waals surface area contributed by atoms with Crippen LogP contribution < -0.4 is 5.73 Å². The lowest BCUT2D eigenvalue weighted by Crippen LogP contribution is -2.07. The Hall–Kier alpha value is -2.51. The molecule has 0 saturated heterocycles. The summed E-state index contributed by atoms with van der Waals surface area (Å²) in [5.74, 6) is -0.677. The number of hydrogen-bond donors (Lipinski definition) is 1. The zero-order valence-electron chi connectivity index (χ0n) is 10.3. The van der Waals surface area contributed by atoms with Gasteiger partial charge in [0.2, 0.25) is 0 Å². The minimum atomic E-state index is -4.50. The van der Waals surface area contributed by atoms with Crippen LogP contribution in [0.5, 0.6) is 0 Å². The number of aromatic nitrogens is 2. The summed E-state index contributed by atoms with van der Waals surface area (Å²) >= 11 is 0. The monoisotopic (exact) mass is 285 g/mol. The SMILES string of the molecule is COC(=O)c1cn(-c2cc(N)cc(C(F)(F)F)c2)cn1. The second-order valence-electron chi connectivity index (χ2n) is 3.97. The molecule has 0 radical (unpaired) electrons. The van der Waals surface area contributed by atoms with Crippen molar-refractivity contribution >= 4 is 11.7 Å². The van der Waals surface area contributed by atoms with E-state index in [1.54, 1.807) is 0 Å². The van der Waals surface area contributed by atoms with Gasteiger partial charge in [0.25, 0.3) is 0 Å². The predicted octanol–water partition coefficient (Wildman–Crippen LogP) is 2.26. The molecule has 0 aliphatic carbocycles. The number of nitrogens with zero attached hydrogens (tertiary/aromatic N) is 2. The van der Waals surface area contributed by atoms with E-state index in [2.05, 4.69) is 9.72 Å². The van der Waals surface area contributed by atoms with E-state index in [0.717, 1.165) is 12.1 Å². The van der Waals surface area contributed by atoms with Crippen molar-refractivity contribution in [2.75, 3.05) is 12.8 Å². The Kier molecular flexibility index (Phi) is 3.39. The molecule has 0 unspecified atom stereocenters. The van der Waals surface area contributed by atoms with Crippen molar-refractivity contribution in [3.05, 3.63) is 42.0 Å². The third-order valence-corrected chi connectivity index (χ3v) is 2.54. The summed E-state index contributed by atoms with van der Waals surface area (Å²) in [7, 11) is 1.18. The summed E-state index contributed by atoms with van der Waals surface area (Å²) < 4.78 is 43.8. The molecule has 1 aromatic carbocycles. The van der Waals surface area contributed by atoms with E-state index in [-0.39, 0.29) is 17.1 Å². The highest BCUT2D eigenvalue weighted by Crippen LogP contribution is 2.32. The summed E-state index contributed by atoms with van der Waals surface area (Å²) in [6.45, 7) is 0. The molecular formula is C12H10F3N3O2. The van der Waals surface area contributed by atoms with Crippen molar-refractivity contribution in [1.29, 1.82) is 0 Å². The van der Waals surface area contributed by atoms with Gasteiger partial charge in [0.15, 0.2) is 5.69 Å². The smallest absolute Gasteiger partial charge is 0.416 e. The average Bonchev–Trinajstić information content (AvgIpc) is 2.85. The first-order chi connectivity index (χ1) is 9.31. The molecule has 0 saturated carbocycles. The lowest BCUT2D eigenvalue weighted by Gasteiger charge is -2.10. The predicted molar refractivity (Wildman–Crippen MR) is 64.3 cm³/mol. The number of halogens is 3. The quantitative estimate of drug-likeness (QED) is 0.678. The van der Waals surface area contributed by atoms with E-state index in [1.807, 2.05) is 0 Å². The van der Waals surface area contributed by atoms with Crippen LogP contribution in [0, 0.1) is 0 Å². The topological polar surface area (TPSA) is 70.1 Å². The van der Waals surface area contributed by atoms with E-state index in [4.69, 9.17) is 5.73 Å². The van der Waals surface area contributed by atoms with E-state index < -0.39 is 17.7 Å². The third-order valence-electron chi connectivity index (χ3n) is 2.54. The number of anilines is 1. The van der Waals surface area contributed by atoms with E-state index in [1.165, 1.54) is 30.3 Å². The normalized spacial score (nSPS) is 11.4. The van der Waals surface area contributed by atoms with Crippen LogP contribution in [0.1, 0.15) is 16.1 Å². The number of nitrogens with two attached hydrogens (primary N) is 1. The molecule has 0 aliphatic heterocycles. The number of nitrogen functional groups attached to an aromatic ring is 1. The number of alkyl halides is 3. The molecule has 0 atom stereocenters. The first-order valence-corrected chi connectivity index (χ1v) is 5.41. The summed E-state index contributed by atoms with van der Waals surface area (Å²) in [4.78, 5) is 15.0. The van der Waals surface area contributed by atoms with Crippen molar-refractivity contribution < 1.29 is 22.7 Å².